The van der Waals surface area contributed by atoms with Gasteiger partial charge in [-0.1, -0.05) is 37.3 Å². The van der Waals surface area contributed by atoms with E-state index in [1.807, 2.05) is 62.9 Å². The number of hydrogen-bond donors (Lipinski definition) is 1. The Kier molecular flexibility index (Phi) is 7.75. The maximum atomic E-state index is 12.0. The van der Waals surface area contributed by atoms with Crippen molar-refractivity contribution in [3.63, 3.8) is 0 Å². The zero-order valence-electron chi connectivity index (χ0n) is 14.4. The van der Waals surface area contributed by atoms with E-state index in [2.05, 4.69) is 0 Å². The second-order valence-electron chi connectivity index (χ2n) is 5.91. The smallest absolute Gasteiger partial charge is 0.317 e. The molecular weight excluding hydrogens is 294 g/mol. The Morgan fingerprint density at radius 2 is 1.78 bits per heavy atom. The first kappa shape index (κ1) is 19.2. The maximum absolute atomic E-state index is 12.0. The minimum atomic E-state index is -0.907. The molecule has 0 spiro atoms. The van der Waals surface area contributed by atoms with Crippen LogP contribution in [0.15, 0.2) is 30.3 Å². The van der Waals surface area contributed by atoms with Crippen molar-refractivity contribution in [1.82, 2.24) is 4.90 Å². The molecule has 0 aliphatic heterocycles. The summed E-state index contributed by atoms with van der Waals surface area (Å²) in [7, 11) is 0. The number of carboxylic acid groups (broad SMARTS) is 1. The number of carboxylic acids is 1. The van der Waals surface area contributed by atoms with Gasteiger partial charge in [-0.15, -0.1) is 0 Å². The zero-order valence-corrected chi connectivity index (χ0v) is 14.4. The fourth-order valence-electron chi connectivity index (χ4n) is 2.47. The van der Waals surface area contributed by atoms with Gasteiger partial charge in [0.1, 0.15) is 0 Å². The summed E-state index contributed by atoms with van der Waals surface area (Å²) in [6, 6.07) is 9.37. The Hall–Kier alpha value is -1.88. The van der Waals surface area contributed by atoms with Crippen LogP contribution in [0, 0.1) is 0 Å². The van der Waals surface area contributed by atoms with Gasteiger partial charge < -0.3 is 9.84 Å². The minimum Gasteiger partial charge on any atom is -0.480 e. The largest absolute Gasteiger partial charge is 0.480 e. The summed E-state index contributed by atoms with van der Waals surface area (Å²) in [5, 5.41) is 9.19. The lowest BCUT2D eigenvalue weighted by molar-refractivity contribution is -0.151. The number of aliphatic carboxylic acids is 1. The number of benzene rings is 1. The van der Waals surface area contributed by atoms with Gasteiger partial charge in [0.25, 0.3) is 0 Å². The first-order valence-corrected chi connectivity index (χ1v) is 8.07. The molecule has 0 saturated heterocycles. The monoisotopic (exact) mass is 321 g/mol. The molecule has 23 heavy (non-hydrogen) atoms. The molecule has 5 heteroatoms. The Balaban J connectivity index is 2.80. The highest BCUT2D eigenvalue weighted by Crippen LogP contribution is 2.23. The van der Waals surface area contributed by atoms with Crippen LogP contribution in [0.4, 0.5) is 0 Å². The zero-order chi connectivity index (χ0) is 17.4. The summed E-state index contributed by atoms with van der Waals surface area (Å²) >= 11 is 0. The van der Waals surface area contributed by atoms with Gasteiger partial charge in [-0.05, 0) is 32.8 Å². The van der Waals surface area contributed by atoms with Gasteiger partial charge in [0.2, 0.25) is 0 Å². The van der Waals surface area contributed by atoms with E-state index < -0.39 is 5.97 Å². The molecule has 0 amide bonds. The number of ether oxygens (including phenoxy) is 1. The summed E-state index contributed by atoms with van der Waals surface area (Å²) in [5.74, 6) is -1.20. The molecule has 2 unspecified atom stereocenters. The summed E-state index contributed by atoms with van der Waals surface area (Å²) < 4.78 is 5.30. The van der Waals surface area contributed by atoms with Crippen molar-refractivity contribution in [2.45, 2.75) is 58.7 Å². The fraction of sp³-hybridized carbons (Fsp3) is 0.556. The van der Waals surface area contributed by atoms with Crippen LogP contribution in [0.1, 0.15) is 52.1 Å². The average Bonchev–Trinajstić information content (AvgIpc) is 2.52. The molecule has 5 nitrogen and oxygen atoms in total. The highest BCUT2D eigenvalue weighted by atomic mass is 16.5. The molecule has 0 fully saturated rings. The summed E-state index contributed by atoms with van der Waals surface area (Å²) in [5.41, 5.74) is 1.02. The number of rotatable bonds is 9. The van der Waals surface area contributed by atoms with Crippen LogP contribution in [0.2, 0.25) is 0 Å². The topological polar surface area (TPSA) is 66.8 Å². The van der Waals surface area contributed by atoms with E-state index in [1.54, 1.807) is 0 Å². The molecule has 0 aliphatic carbocycles. The van der Waals surface area contributed by atoms with Gasteiger partial charge in [-0.3, -0.25) is 14.5 Å². The molecule has 128 valence electrons. The standard InChI is InChI=1S/C18H27NO4/c1-5-14(3)23-18(22)11-13(2)19(12-17(20)21)15(4)16-9-7-6-8-10-16/h6-10,13-15H,5,11-12H2,1-4H3,(H,20,21)/t13-,14?,15?/m0/s1. The molecule has 0 saturated carbocycles. The predicted octanol–water partition coefficient (Wildman–Crippen LogP) is 3.25. The molecule has 1 aromatic rings. The van der Waals surface area contributed by atoms with Crippen LogP contribution in [-0.2, 0) is 14.3 Å². The quantitative estimate of drug-likeness (QED) is 0.707. The maximum Gasteiger partial charge on any atom is 0.317 e. The van der Waals surface area contributed by atoms with Crippen molar-refractivity contribution in [3.8, 4) is 0 Å². The van der Waals surface area contributed by atoms with E-state index in [9.17, 15) is 14.7 Å². The van der Waals surface area contributed by atoms with Crippen molar-refractivity contribution >= 4 is 11.9 Å². The fourth-order valence-corrected chi connectivity index (χ4v) is 2.47. The van der Waals surface area contributed by atoms with Gasteiger partial charge in [0.15, 0.2) is 0 Å². The molecule has 0 bridgehead atoms. The third-order valence-corrected chi connectivity index (χ3v) is 4.03. The van der Waals surface area contributed by atoms with E-state index in [4.69, 9.17) is 4.74 Å². The van der Waals surface area contributed by atoms with Crippen LogP contribution in [-0.4, -0.2) is 40.6 Å². The molecular formula is C18H27NO4. The van der Waals surface area contributed by atoms with Crippen molar-refractivity contribution < 1.29 is 19.4 Å². The summed E-state index contributed by atoms with van der Waals surface area (Å²) in [6.07, 6.45) is 0.822. The van der Waals surface area contributed by atoms with Crippen LogP contribution in [0.3, 0.4) is 0 Å². The second kappa shape index (κ2) is 9.30. The third-order valence-electron chi connectivity index (χ3n) is 4.03. The van der Waals surface area contributed by atoms with Gasteiger partial charge in [0, 0.05) is 12.1 Å². The highest BCUT2D eigenvalue weighted by Gasteiger charge is 2.26. The highest BCUT2D eigenvalue weighted by molar-refractivity contribution is 5.71. The third kappa shape index (κ3) is 6.40. The first-order valence-electron chi connectivity index (χ1n) is 8.07. The van der Waals surface area contributed by atoms with E-state index in [0.29, 0.717) is 0 Å². The Morgan fingerprint density at radius 3 is 2.30 bits per heavy atom. The molecule has 0 radical (unpaired) electrons. The van der Waals surface area contributed by atoms with E-state index in [1.165, 1.54) is 0 Å². The van der Waals surface area contributed by atoms with Crippen molar-refractivity contribution in [3.05, 3.63) is 35.9 Å². The van der Waals surface area contributed by atoms with Crippen LogP contribution < -0.4 is 0 Å². The molecule has 3 atom stereocenters. The van der Waals surface area contributed by atoms with Gasteiger partial charge in [-0.2, -0.15) is 0 Å². The normalized spacial score (nSPS) is 15.0. The molecule has 1 aromatic carbocycles. The minimum absolute atomic E-state index is 0.0984. The molecule has 0 heterocycles. The average molecular weight is 321 g/mol. The van der Waals surface area contributed by atoms with Gasteiger partial charge in [0.05, 0.1) is 19.1 Å². The van der Waals surface area contributed by atoms with Gasteiger partial charge in [-0.25, -0.2) is 0 Å². The van der Waals surface area contributed by atoms with E-state index in [0.717, 1.165) is 12.0 Å². The number of esters is 1. The summed E-state index contributed by atoms with van der Waals surface area (Å²) in [6.45, 7) is 7.50. The SMILES string of the molecule is CCC(C)OC(=O)C[C@H](C)N(CC(=O)O)C(C)c1ccccc1. The lowest BCUT2D eigenvalue weighted by Crippen LogP contribution is -2.40. The van der Waals surface area contributed by atoms with Crippen LogP contribution in [0.5, 0.6) is 0 Å². The molecule has 1 N–H and O–H groups in total. The number of carbonyl (C=O) groups is 2. The number of nitrogens with zero attached hydrogens (tertiary/aromatic N) is 1. The molecule has 1 rings (SSSR count). The van der Waals surface area contributed by atoms with E-state index >= 15 is 0 Å². The molecule has 0 aliphatic rings. The number of carbonyl (C=O) groups excluding carboxylic acids is 1. The van der Waals surface area contributed by atoms with Gasteiger partial charge >= 0.3 is 11.9 Å². The first-order chi connectivity index (χ1) is 10.8. The lowest BCUT2D eigenvalue weighted by atomic mass is 10.0. The second-order valence-corrected chi connectivity index (χ2v) is 5.91. The Bertz CT molecular complexity index is 503. The van der Waals surface area contributed by atoms with E-state index in [-0.39, 0.29) is 37.1 Å². The Labute approximate surface area is 138 Å². The van der Waals surface area contributed by atoms with Crippen molar-refractivity contribution in [2.75, 3.05) is 6.54 Å². The summed E-state index contributed by atoms with van der Waals surface area (Å²) in [4.78, 5) is 25.0. The number of hydrogen-bond acceptors (Lipinski definition) is 4. The Morgan fingerprint density at radius 1 is 1.17 bits per heavy atom. The van der Waals surface area contributed by atoms with Crippen molar-refractivity contribution in [1.29, 1.82) is 0 Å². The van der Waals surface area contributed by atoms with Crippen LogP contribution >= 0.6 is 0 Å². The van der Waals surface area contributed by atoms with Crippen molar-refractivity contribution in [2.24, 2.45) is 0 Å². The van der Waals surface area contributed by atoms with Crippen LogP contribution in [0.25, 0.3) is 0 Å². The molecule has 0 aromatic heterocycles. The lowest BCUT2D eigenvalue weighted by Gasteiger charge is -2.33. The predicted molar refractivity (Wildman–Crippen MR) is 89.1 cm³/mol.